The summed E-state index contributed by atoms with van der Waals surface area (Å²) in [4.78, 5) is 12.4. The number of hydrogen-bond donors (Lipinski definition) is 1. The van der Waals surface area contributed by atoms with E-state index in [1.54, 1.807) is 25.2 Å². The van der Waals surface area contributed by atoms with Gasteiger partial charge in [0, 0.05) is 7.05 Å². The van der Waals surface area contributed by atoms with Gasteiger partial charge in [-0.05, 0) is 36.4 Å². The lowest BCUT2D eigenvalue weighted by Crippen LogP contribution is -2.19. The van der Waals surface area contributed by atoms with Crippen LogP contribution in [-0.4, -0.2) is 13.0 Å². The number of ether oxygens (including phenoxy) is 2. The van der Waals surface area contributed by atoms with E-state index in [4.69, 9.17) is 9.47 Å². The Hall–Kier alpha value is -3.27. The lowest BCUT2D eigenvalue weighted by molar-refractivity contribution is 0.0958. The second-order valence-corrected chi connectivity index (χ2v) is 5.04. The van der Waals surface area contributed by atoms with Crippen LogP contribution in [0, 0.1) is 0 Å². The zero-order valence-corrected chi connectivity index (χ0v) is 13.2. The molecule has 1 amide bonds. The number of rotatable bonds is 5. The van der Waals surface area contributed by atoms with Crippen molar-refractivity contribution in [2.75, 3.05) is 7.05 Å². The molecule has 0 fully saturated rings. The summed E-state index contributed by atoms with van der Waals surface area (Å²) in [6.45, 7) is 0. The summed E-state index contributed by atoms with van der Waals surface area (Å²) in [6.07, 6.45) is 0. The summed E-state index contributed by atoms with van der Waals surface area (Å²) >= 11 is 0. The molecule has 0 saturated carbocycles. The molecule has 1 N–H and O–H groups in total. The van der Waals surface area contributed by atoms with Crippen molar-refractivity contribution in [3.8, 4) is 23.0 Å². The highest BCUT2D eigenvalue weighted by Gasteiger charge is 2.19. The lowest BCUT2D eigenvalue weighted by atomic mass is 10.1. The molecule has 4 nitrogen and oxygen atoms in total. The molecule has 3 aromatic rings. The highest BCUT2D eigenvalue weighted by atomic mass is 16.5. The number of carbonyl (C=O) groups is 1. The average molecular weight is 319 g/mol. The van der Waals surface area contributed by atoms with Crippen LogP contribution in [0.3, 0.4) is 0 Å². The largest absolute Gasteiger partial charge is 0.456 e. The molecule has 0 spiro atoms. The van der Waals surface area contributed by atoms with E-state index < -0.39 is 0 Å². The number of benzene rings is 3. The van der Waals surface area contributed by atoms with Crippen molar-refractivity contribution in [3.63, 3.8) is 0 Å². The minimum Gasteiger partial charge on any atom is -0.456 e. The number of hydrogen-bond acceptors (Lipinski definition) is 3. The van der Waals surface area contributed by atoms with Gasteiger partial charge in [0.15, 0.2) is 0 Å². The molecule has 0 unspecified atom stereocenters. The zero-order chi connectivity index (χ0) is 16.8. The molecule has 0 heterocycles. The van der Waals surface area contributed by atoms with E-state index in [1.807, 2.05) is 60.7 Å². The fourth-order valence-electron chi connectivity index (χ4n) is 2.26. The van der Waals surface area contributed by atoms with Gasteiger partial charge in [-0.25, -0.2) is 0 Å². The summed E-state index contributed by atoms with van der Waals surface area (Å²) in [5.41, 5.74) is 0.354. The molecular formula is C20H17NO3. The summed E-state index contributed by atoms with van der Waals surface area (Å²) in [7, 11) is 1.58. The Kier molecular flexibility index (Phi) is 4.77. The van der Waals surface area contributed by atoms with E-state index in [9.17, 15) is 4.79 Å². The van der Waals surface area contributed by atoms with Crippen molar-refractivity contribution in [2.45, 2.75) is 0 Å². The molecule has 3 rings (SSSR count). The van der Waals surface area contributed by atoms with E-state index in [0.717, 1.165) is 0 Å². The normalized spacial score (nSPS) is 10.0. The van der Waals surface area contributed by atoms with Crippen LogP contribution in [0.15, 0.2) is 78.9 Å². The lowest BCUT2D eigenvalue weighted by Gasteiger charge is -2.15. The fourth-order valence-corrected chi connectivity index (χ4v) is 2.26. The number of para-hydroxylation sites is 2. The number of carbonyl (C=O) groups excluding carboxylic acids is 1. The predicted molar refractivity (Wildman–Crippen MR) is 92.9 cm³/mol. The summed E-state index contributed by atoms with van der Waals surface area (Å²) in [5, 5.41) is 2.63. The van der Waals surface area contributed by atoms with Crippen molar-refractivity contribution in [1.82, 2.24) is 5.32 Å². The maximum atomic E-state index is 12.4. The fraction of sp³-hybridized carbons (Fsp3) is 0.0500. The molecule has 0 atom stereocenters. The number of amides is 1. The summed E-state index contributed by atoms with van der Waals surface area (Å²) in [6, 6.07) is 23.9. The summed E-state index contributed by atoms with van der Waals surface area (Å²) < 4.78 is 11.7. The SMILES string of the molecule is CNC(=O)c1c(Oc2ccccc2)cccc1Oc1ccccc1. The third kappa shape index (κ3) is 3.55. The van der Waals surface area contributed by atoms with Crippen molar-refractivity contribution in [2.24, 2.45) is 0 Å². The Balaban J connectivity index is 1.99. The Labute approximate surface area is 140 Å². The molecule has 0 saturated heterocycles. The molecule has 0 bridgehead atoms. The van der Waals surface area contributed by atoms with Gasteiger partial charge < -0.3 is 14.8 Å². The van der Waals surface area contributed by atoms with Gasteiger partial charge in [0.1, 0.15) is 28.6 Å². The van der Waals surface area contributed by atoms with Gasteiger partial charge in [0.05, 0.1) is 0 Å². The van der Waals surface area contributed by atoms with Gasteiger partial charge in [-0.15, -0.1) is 0 Å². The molecule has 3 aromatic carbocycles. The van der Waals surface area contributed by atoms with Crippen molar-refractivity contribution in [3.05, 3.63) is 84.4 Å². The van der Waals surface area contributed by atoms with Crippen LogP contribution in [-0.2, 0) is 0 Å². The Bertz CT molecular complexity index is 757. The topological polar surface area (TPSA) is 47.6 Å². The molecule has 0 aromatic heterocycles. The van der Waals surface area contributed by atoms with Crippen LogP contribution in [0.1, 0.15) is 10.4 Å². The Morgan fingerprint density at radius 3 is 1.58 bits per heavy atom. The maximum absolute atomic E-state index is 12.4. The van der Waals surface area contributed by atoms with E-state index in [2.05, 4.69) is 5.32 Å². The molecule has 4 heteroatoms. The molecule has 0 radical (unpaired) electrons. The first-order valence-electron chi connectivity index (χ1n) is 7.59. The van der Waals surface area contributed by atoms with Crippen molar-refractivity contribution in [1.29, 1.82) is 0 Å². The Morgan fingerprint density at radius 1 is 0.708 bits per heavy atom. The van der Waals surface area contributed by atoms with E-state index >= 15 is 0 Å². The molecule has 0 aliphatic heterocycles. The molecule has 0 aliphatic carbocycles. The van der Waals surface area contributed by atoms with Crippen molar-refractivity contribution < 1.29 is 14.3 Å². The minimum atomic E-state index is -0.271. The van der Waals surface area contributed by atoms with E-state index in [1.165, 1.54) is 0 Å². The summed E-state index contributed by atoms with van der Waals surface area (Å²) in [5.74, 6) is 1.91. The van der Waals surface area contributed by atoms with Crippen molar-refractivity contribution >= 4 is 5.91 Å². The van der Waals surface area contributed by atoms with Crippen LogP contribution in [0.25, 0.3) is 0 Å². The third-order valence-corrected chi connectivity index (χ3v) is 3.38. The maximum Gasteiger partial charge on any atom is 0.258 e. The van der Waals surface area contributed by atoms with E-state index in [-0.39, 0.29) is 5.91 Å². The third-order valence-electron chi connectivity index (χ3n) is 3.38. The van der Waals surface area contributed by atoms with E-state index in [0.29, 0.717) is 28.6 Å². The quantitative estimate of drug-likeness (QED) is 0.746. The van der Waals surface area contributed by atoms with Gasteiger partial charge in [-0.1, -0.05) is 42.5 Å². The first kappa shape index (κ1) is 15.6. The zero-order valence-electron chi connectivity index (χ0n) is 13.2. The Morgan fingerprint density at radius 2 is 1.17 bits per heavy atom. The van der Waals surface area contributed by atoms with Crippen LogP contribution in [0.4, 0.5) is 0 Å². The van der Waals surface area contributed by atoms with Gasteiger partial charge in [0.2, 0.25) is 0 Å². The molecular weight excluding hydrogens is 302 g/mol. The predicted octanol–water partition coefficient (Wildman–Crippen LogP) is 4.63. The smallest absolute Gasteiger partial charge is 0.258 e. The minimum absolute atomic E-state index is 0.271. The van der Waals surface area contributed by atoms with Crippen LogP contribution < -0.4 is 14.8 Å². The highest BCUT2D eigenvalue weighted by molar-refractivity contribution is 5.99. The monoisotopic (exact) mass is 319 g/mol. The van der Waals surface area contributed by atoms with Crippen LogP contribution in [0.2, 0.25) is 0 Å². The van der Waals surface area contributed by atoms with Gasteiger partial charge >= 0.3 is 0 Å². The van der Waals surface area contributed by atoms with Gasteiger partial charge in [0.25, 0.3) is 5.91 Å². The average Bonchev–Trinajstić information content (AvgIpc) is 2.63. The second kappa shape index (κ2) is 7.33. The standard InChI is InChI=1S/C20H17NO3/c1-21-20(22)19-17(23-15-9-4-2-5-10-15)13-8-14-18(19)24-16-11-6-3-7-12-16/h2-14H,1H3,(H,21,22). The van der Waals surface area contributed by atoms with Gasteiger partial charge in [-0.3, -0.25) is 4.79 Å². The second-order valence-electron chi connectivity index (χ2n) is 5.04. The van der Waals surface area contributed by atoms with Crippen LogP contribution in [0.5, 0.6) is 23.0 Å². The first-order chi connectivity index (χ1) is 11.8. The van der Waals surface area contributed by atoms with Gasteiger partial charge in [-0.2, -0.15) is 0 Å². The molecule has 24 heavy (non-hydrogen) atoms. The molecule has 0 aliphatic rings. The molecule has 120 valence electrons. The highest BCUT2D eigenvalue weighted by Crippen LogP contribution is 2.34. The van der Waals surface area contributed by atoms with Crippen LogP contribution >= 0.6 is 0 Å². The first-order valence-corrected chi connectivity index (χ1v) is 7.59. The number of nitrogens with one attached hydrogen (secondary N) is 1.